The van der Waals surface area contributed by atoms with Crippen LogP contribution in [0.25, 0.3) is 22.0 Å². The molecule has 2 aromatic heterocycles. The van der Waals surface area contributed by atoms with Gasteiger partial charge in [-0.25, -0.2) is 9.07 Å². The molecule has 3 aromatic rings. The molecular weight excluding hydrogens is 577 g/mol. The molecule has 0 fully saturated rings. The molecule has 0 aliphatic carbocycles. The van der Waals surface area contributed by atoms with Crippen molar-refractivity contribution in [1.29, 1.82) is 0 Å². The van der Waals surface area contributed by atoms with Crippen molar-refractivity contribution in [3.05, 3.63) is 40.0 Å². The highest BCUT2D eigenvalue weighted by molar-refractivity contribution is 9.10. The Hall–Kier alpha value is -0.976. The molecule has 0 atom stereocenters. The van der Waals surface area contributed by atoms with Crippen LogP contribution >= 0.6 is 27.5 Å². The maximum atomic E-state index is 14.5. The second kappa shape index (κ2) is 11.4. The van der Waals surface area contributed by atoms with Gasteiger partial charge in [0.1, 0.15) is 12.5 Å². The number of aryl methyl sites for hydroxylation is 1. The molecule has 0 unspecified atom stereocenters. The molecule has 0 aliphatic rings. The lowest BCUT2D eigenvalue weighted by molar-refractivity contribution is 0.0786. The van der Waals surface area contributed by atoms with E-state index in [0.29, 0.717) is 29.6 Å². The Bertz CT molecular complexity index is 1200. The van der Waals surface area contributed by atoms with Gasteiger partial charge in [0.15, 0.2) is 13.5 Å². The summed E-state index contributed by atoms with van der Waals surface area (Å²) in [6, 6.07) is 4.50. The average Bonchev–Trinajstić information content (AvgIpc) is 3.27. The molecule has 0 saturated carbocycles. The third-order valence-corrected chi connectivity index (χ3v) is 14.1. The Labute approximate surface area is 230 Å². The van der Waals surface area contributed by atoms with Crippen LogP contribution in [0.1, 0.15) is 27.2 Å². The first-order chi connectivity index (χ1) is 16.6. The lowest BCUT2D eigenvalue weighted by Gasteiger charge is -2.36. The van der Waals surface area contributed by atoms with Crippen molar-refractivity contribution in [2.45, 2.75) is 84.3 Å². The number of hydrogen-bond acceptors (Lipinski definition) is 3. The first-order valence-electron chi connectivity index (χ1n) is 12.5. The number of halogens is 3. The topological polar surface area (TPSA) is 41.2 Å². The minimum Gasteiger partial charge on any atom is -0.417 e. The third-order valence-electron chi connectivity index (χ3n) is 6.96. The molecule has 0 spiro atoms. The van der Waals surface area contributed by atoms with Gasteiger partial charge in [0.25, 0.3) is 0 Å². The van der Waals surface area contributed by atoms with E-state index in [1.165, 1.54) is 0 Å². The summed E-state index contributed by atoms with van der Waals surface area (Å²) < 4.78 is 31.0. The number of aromatic nitrogens is 3. The molecule has 36 heavy (non-hydrogen) atoms. The summed E-state index contributed by atoms with van der Waals surface area (Å²) in [4.78, 5) is 0. The summed E-state index contributed by atoms with van der Waals surface area (Å²) in [5.74, 6) is -0.288. The van der Waals surface area contributed by atoms with Gasteiger partial charge >= 0.3 is 0 Å². The number of hydrogen-bond donors (Lipinski definition) is 0. The van der Waals surface area contributed by atoms with Crippen molar-refractivity contribution in [2.75, 3.05) is 13.2 Å². The van der Waals surface area contributed by atoms with Gasteiger partial charge < -0.3 is 13.7 Å². The predicted molar refractivity (Wildman–Crippen MR) is 158 cm³/mol. The van der Waals surface area contributed by atoms with Crippen LogP contribution in [-0.4, -0.2) is 44.0 Å². The summed E-state index contributed by atoms with van der Waals surface area (Å²) in [6.07, 6.45) is 4.79. The van der Waals surface area contributed by atoms with Crippen LogP contribution in [0.15, 0.2) is 29.0 Å². The molecule has 0 radical (unpaired) electrons. The highest BCUT2D eigenvalue weighted by Crippen LogP contribution is 2.38. The van der Waals surface area contributed by atoms with Crippen molar-refractivity contribution in [3.63, 3.8) is 0 Å². The Morgan fingerprint density at radius 2 is 1.75 bits per heavy atom. The van der Waals surface area contributed by atoms with E-state index in [-0.39, 0.29) is 10.9 Å². The van der Waals surface area contributed by atoms with Gasteiger partial charge in [0.2, 0.25) is 0 Å². The van der Waals surface area contributed by atoms with Crippen LogP contribution in [0.3, 0.4) is 0 Å². The number of benzene rings is 1. The monoisotopic (exact) mass is 615 g/mol. The molecule has 0 bridgehead atoms. The zero-order valence-corrected chi connectivity index (χ0v) is 27.2. The van der Waals surface area contributed by atoms with Gasteiger partial charge in [-0.2, -0.15) is 5.10 Å². The first kappa shape index (κ1) is 29.6. The molecular formula is C26H40BrClFN3O2Si2. The number of ether oxygens (including phenoxy) is 1. The SMILES string of the molecule is CC(C)(C)[Si](C)(C)OCCCn1cc(-c2cn(COCC[Si](C)(C)C)nc2Cl)c2cc(Br)c(F)cc21. The second-order valence-corrected chi connectivity index (χ2v) is 23.8. The fourth-order valence-corrected chi connectivity index (χ4v) is 6.08. The van der Waals surface area contributed by atoms with Crippen molar-refractivity contribution >= 4 is 54.8 Å². The maximum absolute atomic E-state index is 14.5. The highest BCUT2D eigenvalue weighted by atomic mass is 79.9. The van der Waals surface area contributed by atoms with Gasteiger partial charge in [-0.3, -0.25) is 0 Å². The maximum Gasteiger partial charge on any atom is 0.191 e. The molecule has 3 rings (SSSR count). The lowest BCUT2D eigenvalue weighted by atomic mass is 10.1. The number of fused-ring (bicyclic) bond motifs is 1. The fourth-order valence-electron chi connectivity index (χ4n) is 3.64. The van der Waals surface area contributed by atoms with Crippen LogP contribution in [-0.2, 0) is 22.4 Å². The Morgan fingerprint density at radius 1 is 1.06 bits per heavy atom. The summed E-state index contributed by atoms with van der Waals surface area (Å²) in [6.45, 7) is 20.7. The normalized spacial score (nSPS) is 13.2. The summed E-state index contributed by atoms with van der Waals surface area (Å²) in [5.41, 5.74) is 2.56. The molecule has 10 heteroatoms. The van der Waals surface area contributed by atoms with E-state index in [2.05, 4.69) is 79.1 Å². The smallest absolute Gasteiger partial charge is 0.191 e. The van der Waals surface area contributed by atoms with Crippen molar-refractivity contribution in [2.24, 2.45) is 0 Å². The van der Waals surface area contributed by atoms with Gasteiger partial charge in [-0.1, -0.05) is 52.0 Å². The zero-order chi connectivity index (χ0) is 26.9. The summed E-state index contributed by atoms with van der Waals surface area (Å²) >= 11 is 9.92. The molecule has 2 heterocycles. The fraction of sp³-hybridized carbons (Fsp3) is 0.577. The minimum atomic E-state index is -1.80. The van der Waals surface area contributed by atoms with Gasteiger partial charge in [0, 0.05) is 56.7 Å². The molecule has 1 aromatic carbocycles. The Balaban J connectivity index is 1.81. The average molecular weight is 617 g/mol. The second-order valence-electron chi connectivity index (χ2n) is 12.2. The predicted octanol–water partition coefficient (Wildman–Crippen LogP) is 8.78. The van der Waals surface area contributed by atoms with E-state index in [4.69, 9.17) is 20.8 Å². The van der Waals surface area contributed by atoms with Crippen LogP contribution in [0.5, 0.6) is 0 Å². The highest BCUT2D eigenvalue weighted by Gasteiger charge is 2.36. The summed E-state index contributed by atoms with van der Waals surface area (Å²) in [7, 11) is -2.95. The first-order valence-corrected chi connectivity index (χ1v) is 20.3. The molecule has 0 N–H and O–H groups in total. The Kier molecular flexibility index (Phi) is 9.38. The van der Waals surface area contributed by atoms with E-state index in [1.54, 1.807) is 10.7 Å². The van der Waals surface area contributed by atoms with Gasteiger partial charge in [0.05, 0.1) is 9.99 Å². The molecule has 200 valence electrons. The molecule has 0 aliphatic heterocycles. The van der Waals surface area contributed by atoms with E-state index >= 15 is 0 Å². The van der Waals surface area contributed by atoms with E-state index in [0.717, 1.165) is 41.0 Å². The van der Waals surface area contributed by atoms with Crippen molar-refractivity contribution in [1.82, 2.24) is 14.3 Å². The van der Waals surface area contributed by atoms with E-state index in [1.807, 2.05) is 18.5 Å². The van der Waals surface area contributed by atoms with Crippen LogP contribution in [0.2, 0.25) is 49.0 Å². The van der Waals surface area contributed by atoms with E-state index < -0.39 is 16.4 Å². The number of nitrogens with zero attached hydrogens (tertiary/aromatic N) is 3. The molecule has 0 amide bonds. The standard InChI is InChI=1S/C26H40BrClFN3O2Si2/c1-26(2,3)36(7,8)34-11-9-10-31-16-20(19-14-22(27)23(29)15-24(19)31)21-17-32(30-25(21)28)18-33-12-13-35(4,5)6/h14-17H,9-13,18H2,1-8H3. The third kappa shape index (κ3) is 7.32. The quantitative estimate of drug-likeness (QED) is 0.160. The van der Waals surface area contributed by atoms with E-state index in [9.17, 15) is 4.39 Å². The van der Waals surface area contributed by atoms with Gasteiger partial charge in [-0.15, -0.1) is 0 Å². The molecule has 5 nitrogen and oxygen atoms in total. The molecule has 0 saturated heterocycles. The Morgan fingerprint density at radius 3 is 2.39 bits per heavy atom. The van der Waals surface area contributed by atoms with Crippen LogP contribution in [0.4, 0.5) is 4.39 Å². The van der Waals surface area contributed by atoms with Crippen molar-refractivity contribution < 1.29 is 13.6 Å². The summed E-state index contributed by atoms with van der Waals surface area (Å²) in [5, 5.41) is 5.96. The van der Waals surface area contributed by atoms with Crippen LogP contribution < -0.4 is 0 Å². The largest absolute Gasteiger partial charge is 0.417 e. The van der Waals surface area contributed by atoms with Gasteiger partial charge in [-0.05, 0) is 58.7 Å². The minimum absolute atomic E-state index is 0.172. The van der Waals surface area contributed by atoms with Crippen molar-refractivity contribution in [3.8, 4) is 11.1 Å². The number of rotatable bonds is 11. The lowest BCUT2D eigenvalue weighted by Crippen LogP contribution is -2.41. The zero-order valence-electron chi connectivity index (χ0n) is 22.8. The van der Waals surface area contributed by atoms with Crippen LogP contribution in [0, 0.1) is 5.82 Å².